The number of piperidine rings is 1. The van der Waals surface area contributed by atoms with E-state index in [0.29, 0.717) is 36.3 Å². The lowest BCUT2D eigenvalue weighted by molar-refractivity contribution is 0.0987. The highest BCUT2D eigenvalue weighted by Crippen LogP contribution is 2.36. The molecule has 1 aliphatic heterocycles. The highest BCUT2D eigenvalue weighted by Gasteiger charge is 2.28. The van der Waals surface area contributed by atoms with Crippen LogP contribution in [0.4, 0.5) is 10.6 Å². The van der Waals surface area contributed by atoms with E-state index in [2.05, 4.69) is 66.6 Å². The Morgan fingerprint density at radius 2 is 2.03 bits per heavy atom. The first-order valence-electron chi connectivity index (χ1n) is 11.7. The maximum Gasteiger partial charge on any atom is 0.323 e. The summed E-state index contributed by atoms with van der Waals surface area (Å²) in [5.41, 5.74) is 2.98. The third-order valence-corrected chi connectivity index (χ3v) is 6.69. The molecule has 1 saturated carbocycles. The summed E-state index contributed by atoms with van der Waals surface area (Å²) in [6, 6.07) is 11.8. The van der Waals surface area contributed by atoms with E-state index in [4.69, 9.17) is 4.74 Å². The zero-order chi connectivity index (χ0) is 22.6. The van der Waals surface area contributed by atoms with Gasteiger partial charge in [-0.1, -0.05) is 44.6 Å². The molecule has 1 aromatic carbocycles. The molecule has 2 aromatic rings. The molecule has 0 bridgehead atoms. The van der Waals surface area contributed by atoms with Gasteiger partial charge in [0, 0.05) is 19.3 Å². The Balaban J connectivity index is 1.34. The van der Waals surface area contributed by atoms with Crippen LogP contribution in [0.5, 0.6) is 5.75 Å². The normalized spacial score (nSPS) is 22.5. The largest absolute Gasteiger partial charge is 0.490 e. The zero-order valence-electron chi connectivity index (χ0n) is 19.4. The number of carbonyl (C=O) groups excluding carboxylic acids is 1. The number of hydrogen-bond donors (Lipinski definition) is 1. The van der Waals surface area contributed by atoms with E-state index in [1.807, 2.05) is 4.90 Å². The number of nitrogens with zero attached hydrogens (tertiary/aromatic N) is 3. The smallest absolute Gasteiger partial charge is 0.323 e. The topological polar surface area (TPSA) is 67.4 Å². The predicted octanol–water partition coefficient (Wildman–Crippen LogP) is 5.78. The van der Waals surface area contributed by atoms with Gasteiger partial charge in [0.1, 0.15) is 5.75 Å². The first kappa shape index (κ1) is 22.3. The molecule has 2 amide bonds. The summed E-state index contributed by atoms with van der Waals surface area (Å²) >= 11 is 0. The minimum atomic E-state index is -0.123. The summed E-state index contributed by atoms with van der Waals surface area (Å²) in [6.07, 6.45) is 9.73. The van der Waals surface area contributed by atoms with Crippen LogP contribution in [0.1, 0.15) is 58.4 Å². The van der Waals surface area contributed by atoms with Crippen molar-refractivity contribution in [1.82, 2.24) is 15.1 Å². The molecule has 2 heterocycles. The SMILES string of the molecule is CC1CN(C(=O)Nc2cccnn2)CC/C1=C\c1cccc(OC2CCC(C)(C)CC2)c1. The van der Waals surface area contributed by atoms with E-state index in [9.17, 15) is 4.79 Å². The number of amides is 2. The molecule has 1 aromatic heterocycles. The molecule has 1 unspecified atom stereocenters. The second kappa shape index (κ2) is 9.72. The van der Waals surface area contributed by atoms with Crippen molar-refractivity contribution in [1.29, 1.82) is 0 Å². The van der Waals surface area contributed by atoms with E-state index in [-0.39, 0.29) is 6.03 Å². The number of aromatic nitrogens is 2. The average molecular weight is 435 g/mol. The minimum absolute atomic E-state index is 0.123. The van der Waals surface area contributed by atoms with Gasteiger partial charge in [-0.3, -0.25) is 5.32 Å². The lowest BCUT2D eigenvalue weighted by atomic mass is 9.76. The van der Waals surface area contributed by atoms with Crippen LogP contribution in [0.2, 0.25) is 0 Å². The number of rotatable bonds is 4. The Labute approximate surface area is 191 Å². The predicted molar refractivity (Wildman–Crippen MR) is 127 cm³/mol. The molecule has 6 heteroatoms. The van der Waals surface area contributed by atoms with E-state index in [0.717, 1.165) is 30.6 Å². The molecule has 6 nitrogen and oxygen atoms in total. The molecule has 1 atom stereocenters. The van der Waals surface area contributed by atoms with Crippen molar-refractivity contribution in [2.24, 2.45) is 11.3 Å². The van der Waals surface area contributed by atoms with E-state index in [1.165, 1.54) is 18.4 Å². The van der Waals surface area contributed by atoms with E-state index in [1.54, 1.807) is 18.3 Å². The summed E-state index contributed by atoms with van der Waals surface area (Å²) in [7, 11) is 0. The molecule has 32 heavy (non-hydrogen) atoms. The molecule has 2 aliphatic rings. The van der Waals surface area contributed by atoms with Crippen molar-refractivity contribution in [3.8, 4) is 5.75 Å². The van der Waals surface area contributed by atoms with Gasteiger partial charge in [0.25, 0.3) is 0 Å². The van der Waals surface area contributed by atoms with E-state index < -0.39 is 0 Å². The molecule has 0 spiro atoms. The first-order valence-corrected chi connectivity index (χ1v) is 11.7. The number of anilines is 1. The van der Waals surface area contributed by atoms with Crippen LogP contribution in [0.15, 0.2) is 48.2 Å². The molecule has 4 rings (SSSR count). The van der Waals surface area contributed by atoms with Crippen molar-refractivity contribution in [2.45, 2.75) is 59.0 Å². The fourth-order valence-corrected chi connectivity index (χ4v) is 4.58. The second-order valence-corrected chi connectivity index (χ2v) is 9.91. The van der Waals surface area contributed by atoms with Crippen LogP contribution in [0, 0.1) is 11.3 Å². The standard InChI is InChI=1S/C26H34N4O2/c1-19-18-30(25(31)28-24-8-5-14-27-29-24)15-11-21(19)16-20-6-4-7-23(17-20)32-22-9-12-26(2,3)13-10-22/h4-8,14,16-17,19,22H,9-13,15,18H2,1-3H3,(H,28,29,31)/b21-16+. The highest BCUT2D eigenvalue weighted by molar-refractivity contribution is 5.88. The van der Waals surface area contributed by atoms with Crippen LogP contribution >= 0.6 is 0 Å². The van der Waals surface area contributed by atoms with Gasteiger partial charge in [0.05, 0.1) is 6.10 Å². The van der Waals surface area contributed by atoms with Crippen molar-refractivity contribution < 1.29 is 9.53 Å². The Morgan fingerprint density at radius 3 is 2.75 bits per heavy atom. The van der Waals surface area contributed by atoms with Gasteiger partial charge < -0.3 is 9.64 Å². The number of ether oxygens (including phenoxy) is 1. The highest BCUT2D eigenvalue weighted by atomic mass is 16.5. The second-order valence-electron chi connectivity index (χ2n) is 9.91. The number of urea groups is 1. The average Bonchev–Trinajstić information content (AvgIpc) is 2.77. The number of likely N-dealkylation sites (tertiary alicyclic amines) is 1. The minimum Gasteiger partial charge on any atom is -0.490 e. The quantitative estimate of drug-likeness (QED) is 0.662. The van der Waals surface area contributed by atoms with Crippen molar-refractivity contribution in [2.75, 3.05) is 18.4 Å². The summed E-state index contributed by atoms with van der Waals surface area (Å²) in [5.74, 6) is 1.73. The molecule has 1 saturated heterocycles. The number of benzene rings is 1. The van der Waals surface area contributed by atoms with Gasteiger partial charge in [0.2, 0.25) is 0 Å². The molecule has 2 fully saturated rings. The summed E-state index contributed by atoms with van der Waals surface area (Å²) in [4.78, 5) is 14.4. The van der Waals surface area contributed by atoms with Gasteiger partial charge in [-0.2, -0.15) is 5.10 Å². The molecule has 0 radical (unpaired) electrons. The van der Waals surface area contributed by atoms with Crippen molar-refractivity contribution >= 4 is 17.9 Å². The summed E-state index contributed by atoms with van der Waals surface area (Å²) in [5, 5.41) is 10.6. The molecular weight excluding hydrogens is 400 g/mol. The molecule has 1 N–H and O–H groups in total. The third-order valence-electron chi connectivity index (χ3n) is 6.69. The van der Waals surface area contributed by atoms with Crippen LogP contribution in [0.25, 0.3) is 6.08 Å². The number of carbonyl (C=O) groups is 1. The molecule has 170 valence electrons. The molecular formula is C26H34N4O2. The Morgan fingerprint density at radius 1 is 1.22 bits per heavy atom. The van der Waals surface area contributed by atoms with Crippen molar-refractivity contribution in [3.05, 3.63) is 53.7 Å². The number of nitrogens with one attached hydrogen (secondary N) is 1. The fraction of sp³-hybridized carbons (Fsp3) is 0.500. The summed E-state index contributed by atoms with van der Waals surface area (Å²) in [6.45, 7) is 8.25. The van der Waals surface area contributed by atoms with Gasteiger partial charge in [-0.15, -0.1) is 5.10 Å². The lowest BCUT2D eigenvalue weighted by Gasteiger charge is -2.34. The fourth-order valence-electron chi connectivity index (χ4n) is 4.58. The van der Waals surface area contributed by atoms with Crippen LogP contribution in [0.3, 0.4) is 0 Å². The van der Waals surface area contributed by atoms with Crippen LogP contribution < -0.4 is 10.1 Å². The maximum atomic E-state index is 12.6. The lowest BCUT2D eigenvalue weighted by Crippen LogP contribution is -2.42. The Bertz CT molecular complexity index is 947. The molecule has 1 aliphatic carbocycles. The first-order chi connectivity index (χ1) is 15.4. The maximum absolute atomic E-state index is 12.6. The monoisotopic (exact) mass is 434 g/mol. The van der Waals surface area contributed by atoms with Gasteiger partial charge in [-0.05, 0) is 73.3 Å². The Kier molecular flexibility index (Phi) is 6.77. The van der Waals surface area contributed by atoms with Gasteiger partial charge in [0.15, 0.2) is 5.82 Å². The van der Waals surface area contributed by atoms with Crippen LogP contribution in [-0.4, -0.2) is 40.3 Å². The third kappa shape index (κ3) is 5.87. The zero-order valence-corrected chi connectivity index (χ0v) is 19.4. The van der Waals surface area contributed by atoms with Crippen molar-refractivity contribution in [3.63, 3.8) is 0 Å². The van der Waals surface area contributed by atoms with E-state index >= 15 is 0 Å². The van der Waals surface area contributed by atoms with Crippen LogP contribution in [-0.2, 0) is 0 Å². The summed E-state index contributed by atoms with van der Waals surface area (Å²) < 4.78 is 6.31. The number of hydrogen-bond acceptors (Lipinski definition) is 4. The van der Waals surface area contributed by atoms with Gasteiger partial charge in [-0.25, -0.2) is 4.79 Å². The Hall–Kier alpha value is -2.89. The van der Waals surface area contributed by atoms with Gasteiger partial charge >= 0.3 is 6.03 Å².